The van der Waals surface area contributed by atoms with E-state index in [1.807, 2.05) is 36.4 Å². The Balaban J connectivity index is 1.57. The molecule has 3 rings (SSSR count). The SMILES string of the molecule is O=C(Nc1ccc(Br)cc1Br)C1CC(=O)N(CCc2ccccc2)C1. The number of hydrogen-bond acceptors (Lipinski definition) is 2. The second-order valence-corrected chi connectivity index (χ2v) is 7.86. The van der Waals surface area contributed by atoms with Gasteiger partial charge in [0.15, 0.2) is 0 Å². The molecule has 0 bridgehead atoms. The lowest BCUT2D eigenvalue weighted by atomic mass is 10.1. The number of amides is 2. The fraction of sp³-hybridized carbons (Fsp3) is 0.263. The second-order valence-electron chi connectivity index (χ2n) is 6.09. The van der Waals surface area contributed by atoms with Crippen molar-refractivity contribution in [1.82, 2.24) is 4.90 Å². The van der Waals surface area contributed by atoms with Crippen molar-refractivity contribution in [1.29, 1.82) is 0 Å². The van der Waals surface area contributed by atoms with Crippen LogP contribution in [0.5, 0.6) is 0 Å². The van der Waals surface area contributed by atoms with E-state index >= 15 is 0 Å². The minimum atomic E-state index is -0.307. The van der Waals surface area contributed by atoms with Gasteiger partial charge in [0, 0.05) is 28.5 Å². The Morgan fingerprint density at radius 2 is 1.92 bits per heavy atom. The lowest BCUT2D eigenvalue weighted by Crippen LogP contribution is -2.30. The van der Waals surface area contributed by atoms with Crippen LogP contribution in [0.3, 0.4) is 0 Å². The summed E-state index contributed by atoms with van der Waals surface area (Å²) in [4.78, 5) is 26.5. The van der Waals surface area contributed by atoms with Gasteiger partial charge in [-0.1, -0.05) is 46.3 Å². The van der Waals surface area contributed by atoms with Crippen LogP contribution < -0.4 is 5.32 Å². The highest BCUT2D eigenvalue weighted by Gasteiger charge is 2.34. The molecule has 0 spiro atoms. The summed E-state index contributed by atoms with van der Waals surface area (Å²) in [5, 5.41) is 2.91. The normalized spacial score (nSPS) is 17.0. The topological polar surface area (TPSA) is 49.4 Å². The molecule has 0 radical (unpaired) electrons. The Labute approximate surface area is 163 Å². The highest BCUT2D eigenvalue weighted by atomic mass is 79.9. The molecule has 25 heavy (non-hydrogen) atoms. The Hall–Kier alpha value is -1.66. The Kier molecular flexibility index (Phi) is 5.91. The van der Waals surface area contributed by atoms with Gasteiger partial charge in [-0.3, -0.25) is 9.59 Å². The van der Waals surface area contributed by atoms with Crippen LogP contribution in [0.2, 0.25) is 0 Å². The van der Waals surface area contributed by atoms with E-state index in [4.69, 9.17) is 0 Å². The summed E-state index contributed by atoms with van der Waals surface area (Å²) >= 11 is 6.82. The Bertz CT molecular complexity index is 780. The summed E-state index contributed by atoms with van der Waals surface area (Å²) in [5.41, 5.74) is 1.91. The van der Waals surface area contributed by atoms with Gasteiger partial charge in [0.2, 0.25) is 11.8 Å². The van der Waals surface area contributed by atoms with Gasteiger partial charge in [-0.15, -0.1) is 0 Å². The minimum absolute atomic E-state index is 0.0472. The summed E-state index contributed by atoms with van der Waals surface area (Å²) in [6.07, 6.45) is 1.08. The first-order valence-corrected chi connectivity index (χ1v) is 9.69. The number of likely N-dealkylation sites (tertiary alicyclic amines) is 1. The largest absolute Gasteiger partial charge is 0.342 e. The first kappa shape index (κ1) is 18.1. The smallest absolute Gasteiger partial charge is 0.229 e. The number of carbonyl (C=O) groups excluding carboxylic acids is 2. The minimum Gasteiger partial charge on any atom is -0.342 e. The maximum absolute atomic E-state index is 12.5. The molecule has 2 aromatic carbocycles. The predicted octanol–water partition coefficient (Wildman–Crippen LogP) is 4.24. The average Bonchev–Trinajstić information content (AvgIpc) is 2.97. The molecular weight excluding hydrogens is 448 g/mol. The molecule has 1 aliphatic rings. The third kappa shape index (κ3) is 4.70. The fourth-order valence-electron chi connectivity index (χ4n) is 2.90. The third-order valence-electron chi connectivity index (χ3n) is 4.29. The maximum atomic E-state index is 12.5. The summed E-state index contributed by atoms with van der Waals surface area (Å²) < 4.78 is 1.74. The van der Waals surface area contributed by atoms with Gasteiger partial charge >= 0.3 is 0 Å². The van der Waals surface area contributed by atoms with Crippen molar-refractivity contribution >= 4 is 49.4 Å². The van der Waals surface area contributed by atoms with Crippen molar-refractivity contribution in [3.05, 3.63) is 63.0 Å². The average molecular weight is 466 g/mol. The standard InChI is InChI=1S/C19H18Br2N2O2/c20-15-6-7-17(16(21)11-15)22-19(25)14-10-18(24)23(12-14)9-8-13-4-2-1-3-5-13/h1-7,11,14H,8-10,12H2,(H,22,25). The van der Waals surface area contributed by atoms with Crippen LogP contribution in [0.15, 0.2) is 57.5 Å². The molecule has 1 N–H and O–H groups in total. The van der Waals surface area contributed by atoms with Gasteiger partial charge in [-0.25, -0.2) is 0 Å². The highest BCUT2D eigenvalue weighted by molar-refractivity contribution is 9.11. The number of nitrogens with one attached hydrogen (secondary N) is 1. The first-order chi connectivity index (χ1) is 12.0. The quantitative estimate of drug-likeness (QED) is 0.717. The highest BCUT2D eigenvalue weighted by Crippen LogP contribution is 2.27. The van der Waals surface area contributed by atoms with E-state index in [2.05, 4.69) is 49.3 Å². The molecule has 0 aromatic heterocycles. The lowest BCUT2D eigenvalue weighted by molar-refractivity contribution is -0.128. The molecule has 0 aliphatic carbocycles. The number of nitrogens with zero attached hydrogens (tertiary/aromatic N) is 1. The number of anilines is 1. The van der Waals surface area contributed by atoms with E-state index in [1.165, 1.54) is 5.56 Å². The molecule has 6 heteroatoms. The van der Waals surface area contributed by atoms with Gasteiger partial charge in [-0.05, 0) is 46.1 Å². The van der Waals surface area contributed by atoms with Crippen LogP contribution in [0.4, 0.5) is 5.69 Å². The molecule has 1 aliphatic heterocycles. The summed E-state index contributed by atoms with van der Waals surface area (Å²) in [7, 11) is 0. The van der Waals surface area contributed by atoms with Crippen LogP contribution in [-0.2, 0) is 16.0 Å². The first-order valence-electron chi connectivity index (χ1n) is 8.10. The predicted molar refractivity (Wildman–Crippen MR) is 105 cm³/mol. The fourth-order valence-corrected chi connectivity index (χ4v) is 4.04. The molecule has 1 saturated heterocycles. The lowest BCUT2D eigenvalue weighted by Gasteiger charge is -2.17. The summed E-state index contributed by atoms with van der Waals surface area (Å²) in [6.45, 7) is 1.13. The molecular formula is C19H18Br2N2O2. The van der Waals surface area contributed by atoms with Crippen molar-refractivity contribution < 1.29 is 9.59 Å². The van der Waals surface area contributed by atoms with Gasteiger partial charge in [0.1, 0.15) is 0 Å². The van der Waals surface area contributed by atoms with Crippen molar-refractivity contribution in [2.75, 3.05) is 18.4 Å². The second kappa shape index (κ2) is 8.15. The Morgan fingerprint density at radius 1 is 1.16 bits per heavy atom. The van der Waals surface area contributed by atoms with Crippen molar-refractivity contribution in [3.63, 3.8) is 0 Å². The van der Waals surface area contributed by atoms with E-state index < -0.39 is 0 Å². The summed E-state index contributed by atoms with van der Waals surface area (Å²) in [5.74, 6) is -0.372. The molecule has 1 unspecified atom stereocenters. The van der Waals surface area contributed by atoms with E-state index in [9.17, 15) is 9.59 Å². The van der Waals surface area contributed by atoms with Crippen LogP contribution in [0.1, 0.15) is 12.0 Å². The number of hydrogen-bond donors (Lipinski definition) is 1. The zero-order chi connectivity index (χ0) is 17.8. The van der Waals surface area contributed by atoms with Gasteiger partial charge in [-0.2, -0.15) is 0 Å². The van der Waals surface area contributed by atoms with Crippen LogP contribution in [0, 0.1) is 5.92 Å². The Morgan fingerprint density at radius 3 is 2.64 bits per heavy atom. The number of halogens is 2. The molecule has 1 fully saturated rings. The monoisotopic (exact) mass is 464 g/mol. The van der Waals surface area contributed by atoms with E-state index in [-0.39, 0.29) is 24.2 Å². The molecule has 2 amide bonds. The van der Waals surface area contributed by atoms with E-state index in [1.54, 1.807) is 4.90 Å². The van der Waals surface area contributed by atoms with Crippen molar-refractivity contribution in [3.8, 4) is 0 Å². The number of rotatable bonds is 5. The summed E-state index contributed by atoms with van der Waals surface area (Å²) in [6, 6.07) is 15.6. The molecule has 2 aromatic rings. The van der Waals surface area contributed by atoms with Gasteiger partial charge < -0.3 is 10.2 Å². The van der Waals surface area contributed by atoms with Crippen LogP contribution in [0.25, 0.3) is 0 Å². The zero-order valence-corrected chi connectivity index (χ0v) is 16.7. The van der Waals surface area contributed by atoms with Crippen molar-refractivity contribution in [2.45, 2.75) is 12.8 Å². The van der Waals surface area contributed by atoms with Crippen LogP contribution in [-0.4, -0.2) is 29.8 Å². The van der Waals surface area contributed by atoms with Gasteiger partial charge in [0.05, 0.1) is 11.6 Å². The molecule has 0 saturated carbocycles. The molecule has 4 nitrogen and oxygen atoms in total. The molecule has 130 valence electrons. The number of carbonyl (C=O) groups is 2. The molecule has 1 heterocycles. The van der Waals surface area contributed by atoms with Crippen LogP contribution >= 0.6 is 31.9 Å². The molecule has 1 atom stereocenters. The van der Waals surface area contributed by atoms with Crippen molar-refractivity contribution in [2.24, 2.45) is 5.92 Å². The zero-order valence-electron chi connectivity index (χ0n) is 13.5. The van der Waals surface area contributed by atoms with E-state index in [0.717, 1.165) is 15.4 Å². The van der Waals surface area contributed by atoms with E-state index in [0.29, 0.717) is 18.8 Å². The van der Waals surface area contributed by atoms with Gasteiger partial charge in [0.25, 0.3) is 0 Å². The third-order valence-corrected chi connectivity index (χ3v) is 5.44. The number of benzene rings is 2. The maximum Gasteiger partial charge on any atom is 0.229 e.